The summed E-state index contributed by atoms with van der Waals surface area (Å²) in [6.45, 7) is 1.25. The lowest BCUT2D eigenvalue weighted by molar-refractivity contribution is -0.141. The Morgan fingerprint density at radius 1 is 0.927 bits per heavy atom. The van der Waals surface area contributed by atoms with Crippen LogP contribution in [0.3, 0.4) is 0 Å². The number of likely N-dealkylation sites (tertiary alicyclic amines) is 1. The van der Waals surface area contributed by atoms with E-state index in [0.717, 1.165) is 11.1 Å². The zero-order valence-corrected chi connectivity index (χ0v) is 22.9. The number of nitrogens with zero attached hydrogens (tertiary/aromatic N) is 4. The Labute approximate surface area is 238 Å². The molecule has 0 unspecified atom stereocenters. The Morgan fingerprint density at radius 3 is 2.41 bits per heavy atom. The minimum absolute atomic E-state index is 0.00470. The van der Waals surface area contributed by atoms with Gasteiger partial charge in [0.15, 0.2) is 0 Å². The zero-order valence-electron chi connectivity index (χ0n) is 22.9. The van der Waals surface area contributed by atoms with E-state index in [1.54, 1.807) is 53.6 Å². The zero-order chi connectivity index (χ0) is 28.8. The molecule has 2 aromatic carbocycles. The van der Waals surface area contributed by atoms with E-state index in [1.165, 1.54) is 11.0 Å². The van der Waals surface area contributed by atoms with Gasteiger partial charge in [0, 0.05) is 57.1 Å². The topological polar surface area (TPSA) is 92.3 Å². The van der Waals surface area contributed by atoms with Gasteiger partial charge < -0.3 is 24.2 Å². The van der Waals surface area contributed by atoms with Crippen molar-refractivity contribution in [2.24, 2.45) is 5.92 Å². The Kier molecular flexibility index (Phi) is 8.88. The lowest BCUT2D eigenvalue weighted by Crippen LogP contribution is -2.43. The Morgan fingerprint density at radius 2 is 1.68 bits per heavy atom. The third-order valence-electron chi connectivity index (χ3n) is 7.46. The minimum atomic E-state index is -0.563. The summed E-state index contributed by atoms with van der Waals surface area (Å²) in [5.74, 6) is -0.816. The first-order chi connectivity index (χ1) is 19.9. The number of benzene rings is 2. The van der Waals surface area contributed by atoms with E-state index in [9.17, 15) is 18.8 Å². The lowest BCUT2D eigenvalue weighted by atomic mass is 10.1. The quantitative estimate of drug-likeness (QED) is 0.400. The molecule has 41 heavy (non-hydrogen) atoms. The maximum absolute atomic E-state index is 14.3. The summed E-state index contributed by atoms with van der Waals surface area (Å²) in [5.41, 5.74) is 2.18. The fourth-order valence-electron chi connectivity index (χ4n) is 5.24. The molecule has 3 heterocycles. The van der Waals surface area contributed by atoms with Crippen molar-refractivity contribution in [3.63, 3.8) is 0 Å². The average Bonchev–Trinajstić information content (AvgIpc) is 3.27. The number of carbonyl (C=O) groups excluding carboxylic acids is 3. The van der Waals surface area contributed by atoms with Crippen LogP contribution in [0.15, 0.2) is 73.1 Å². The van der Waals surface area contributed by atoms with Crippen LogP contribution < -0.4 is 4.74 Å². The molecule has 2 saturated heterocycles. The van der Waals surface area contributed by atoms with Crippen LogP contribution in [0.1, 0.15) is 23.1 Å². The average molecular weight is 561 g/mol. The van der Waals surface area contributed by atoms with Crippen molar-refractivity contribution in [1.29, 1.82) is 0 Å². The van der Waals surface area contributed by atoms with Crippen LogP contribution in [0.5, 0.6) is 5.75 Å². The number of halogens is 1. The largest absolute Gasteiger partial charge is 0.497 e. The van der Waals surface area contributed by atoms with Crippen LogP contribution in [0, 0.1) is 11.7 Å². The second-order valence-corrected chi connectivity index (χ2v) is 10.4. The Balaban J connectivity index is 1.30. The van der Waals surface area contributed by atoms with Gasteiger partial charge in [-0.3, -0.25) is 19.4 Å². The predicted octanol–water partition coefficient (Wildman–Crippen LogP) is 3.03. The third kappa shape index (κ3) is 7.07. The second-order valence-electron chi connectivity index (χ2n) is 10.4. The SMILES string of the molecule is COc1ccc(CN2C[C@H](OCc3ccccc3F)CN(C(=O)[C@H]3CC(=O)N(Cc4cccnc4)C3)CC2=O)cc1. The first-order valence-corrected chi connectivity index (χ1v) is 13.6. The summed E-state index contributed by atoms with van der Waals surface area (Å²) in [5, 5.41) is 0. The molecule has 1 aromatic heterocycles. The molecular formula is C31H33FN4O5. The molecule has 9 nitrogen and oxygen atoms in total. The van der Waals surface area contributed by atoms with Crippen molar-refractivity contribution in [3.8, 4) is 5.75 Å². The van der Waals surface area contributed by atoms with Gasteiger partial charge in [-0.05, 0) is 35.4 Å². The monoisotopic (exact) mass is 560 g/mol. The van der Waals surface area contributed by atoms with E-state index in [4.69, 9.17) is 9.47 Å². The van der Waals surface area contributed by atoms with Gasteiger partial charge in [0.05, 0.1) is 32.3 Å². The van der Waals surface area contributed by atoms with E-state index in [1.807, 2.05) is 30.3 Å². The number of carbonyl (C=O) groups is 3. The van der Waals surface area contributed by atoms with Gasteiger partial charge in [0.25, 0.3) is 0 Å². The van der Waals surface area contributed by atoms with E-state index in [2.05, 4.69) is 4.98 Å². The molecular weight excluding hydrogens is 527 g/mol. The number of pyridine rings is 1. The van der Waals surface area contributed by atoms with Gasteiger partial charge in [0.2, 0.25) is 17.7 Å². The molecule has 2 aliphatic heterocycles. The fraction of sp³-hybridized carbons (Fsp3) is 0.355. The highest BCUT2D eigenvalue weighted by Crippen LogP contribution is 2.24. The van der Waals surface area contributed by atoms with Crippen LogP contribution in [-0.2, 0) is 38.8 Å². The minimum Gasteiger partial charge on any atom is -0.497 e. The molecule has 0 bridgehead atoms. The Bertz CT molecular complexity index is 1370. The van der Waals surface area contributed by atoms with E-state index in [-0.39, 0.29) is 62.7 Å². The first-order valence-electron chi connectivity index (χ1n) is 13.6. The van der Waals surface area contributed by atoms with Gasteiger partial charge in [-0.1, -0.05) is 36.4 Å². The lowest BCUT2D eigenvalue weighted by Gasteiger charge is -2.26. The Hall–Kier alpha value is -4.31. The maximum Gasteiger partial charge on any atom is 0.242 e. The highest BCUT2D eigenvalue weighted by molar-refractivity contribution is 5.91. The molecule has 2 aliphatic rings. The first kappa shape index (κ1) is 28.2. The highest BCUT2D eigenvalue weighted by atomic mass is 19.1. The summed E-state index contributed by atoms with van der Waals surface area (Å²) < 4.78 is 25.6. The van der Waals surface area contributed by atoms with E-state index >= 15 is 0 Å². The van der Waals surface area contributed by atoms with Crippen LogP contribution in [0.2, 0.25) is 0 Å². The molecule has 10 heteroatoms. The van der Waals surface area contributed by atoms with Gasteiger partial charge in [-0.2, -0.15) is 0 Å². The van der Waals surface area contributed by atoms with Crippen molar-refractivity contribution in [2.45, 2.75) is 32.2 Å². The molecule has 214 valence electrons. The number of methoxy groups -OCH3 is 1. The molecule has 5 rings (SSSR count). The predicted molar refractivity (Wildman–Crippen MR) is 148 cm³/mol. The van der Waals surface area contributed by atoms with Gasteiger partial charge in [0.1, 0.15) is 11.6 Å². The van der Waals surface area contributed by atoms with Crippen molar-refractivity contribution in [3.05, 3.63) is 95.6 Å². The van der Waals surface area contributed by atoms with Gasteiger partial charge >= 0.3 is 0 Å². The molecule has 0 N–H and O–H groups in total. The number of rotatable bonds is 9. The molecule has 0 radical (unpaired) electrons. The van der Waals surface area contributed by atoms with Crippen molar-refractivity contribution >= 4 is 17.7 Å². The van der Waals surface area contributed by atoms with E-state index in [0.29, 0.717) is 24.4 Å². The summed E-state index contributed by atoms with van der Waals surface area (Å²) in [6.07, 6.45) is 2.90. The van der Waals surface area contributed by atoms with Gasteiger partial charge in [-0.15, -0.1) is 0 Å². The van der Waals surface area contributed by atoms with E-state index < -0.39 is 12.0 Å². The standard InChI is InChI=1S/C31H33FN4O5/c1-40-26-10-8-22(9-11-26)15-35-18-27(41-21-24-6-2-3-7-28(24)32)19-36(20-30(35)38)31(39)25-13-29(37)34(17-25)16-23-5-4-12-33-14-23/h2-12,14,25,27H,13,15-21H2,1H3/t25-,27-/m0/s1. The smallest absolute Gasteiger partial charge is 0.242 e. The number of hydrogen-bond donors (Lipinski definition) is 0. The third-order valence-corrected chi connectivity index (χ3v) is 7.46. The molecule has 0 aliphatic carbocycles. The molecule has 3 aromatic rings. The number of amides is 3. The molecule has 3 amide bonds. The normalized spacial score (nSPS) is 19.4. The van der Waals surface area contributed by atoms with Crippen LogP contribution in [0.4, 0.5) is 4.39 Å². The number of ether oxygens (including phenoxy) is 2. The number of hydrogen-bond acceptors (Lipinski definition) is 6. The number of aromatic nitrogens is 1. The van der Waals surface area contributed by atoms with Crippen molar-refractivity contribution in [2.75, 3.05) is 33.3 Å². The maximum atomic E-state index is 14.3. The van der Waals surface area contributed by atoms with Crippen LogP contribution in [0.25, 0.3) is 0 Å². The van der Waals surface area contributed by atoms with Crippen LogP contribution >= 0.6 is 0 Å². The summed E-state index contributed by atoms with van der Waals surface area (Å²) >= 11 is 0. The van der Waals surface area contributed by atoms with Crippen LogP contribution in [-0.4, -0.2) is 76.8 Å². The van der Waals surface area contributed by atoms with Gasteiger partial charge in [-0.25, -0.2) is 4.39 Å². The highest BCUT2D eigenvalue weighted by Gasteiger charge is 2.39. The molecule has 2 atom stereocenters. The molecule has 0 spiro atoms. The second kappa shape index (κ2) is 12.9. The summed E-state index contributed by atoms with van der Waals surface area (Å²) in [7, 11) is 1.59. The van der Waals surface area contributed by atoms with Crippen molar-refractivity contribution < 1.29 is 28.2 Å². The summed E-state index contributed by atoms with van der Waals surface area (Å²) in [6, 6.07) is 17.5. The summed E-state index contributed by atoms with van der Waals surface area (Å²) in [4.78, 5) is 48.8. The molecule has 2 fully saturated rings. The molecule has 0 saturated carbocycles. The fourth-order valence-corrected chi connectivity index (χ4v) is 5.24. The van der Waals surface area contributed by atoms with Crippen molar-refractivity contribution in [1.82, 2.24) is 19.7 Å².